The molecule has 1 fully saturated rings. The van der Waals surface area contributed by atoms with Crippen molar-refractivity contribution in [1.29, 1.82) is 0 Å². The first-order valence-electron chi connectivity index (χ1n) is 12.6. The summed E-state index contributed by atoms with van der Waals surface area (Å²) in [7, 11) is 2.04. The lowest BCUT2D eigenvalue weighted by Crippen LogP contribution is -2.36. The van der Waals surface area contributed by atoms with E-state index in [4.69, 9.17) is 14.5 Å². The summed E-state index contributed by atoms with van der Waals surface area (Å²) in [6, 6.07) is 16.1. The zero-order valence-corrected chi connectivity index (χ0v) is 20.6. The quantitative estimate of drug-likeness (QED) is 0.329. The van der Waals surface area contributed by atoms with Crippen LogP contribution in [0, 0.1) is 5.92 Å². The van der Waals surface area contributed by atoms with Crippen LogP contribution in [-0.2, 0) is 18.2 Å². The molecule has 0 atom stereocenters. The molecule has 0 amide bonds. The van der Waals surface area contributed by atoms with Gasteiger partial charge in [-0.15, -0.1) is 0 Å². The molecule has 5 rings (SSSR count). The van der Waals surface area contributed by atoms with Crippen LogP contribution < -0.4 is 4.74 Å². The first-order valence-corrected chi connectivity index (χ1v) is 12.6. The van der Waals surface area contributed by atoms with E-state index in [0.29, 0.717) is 24.7 Å². The predicted molar refractivity (Wildman–Crippen MR) is 139 cm³/mol. The largest absolute Gasteiger partial charge is 0.477 e. The molecule has 0 aliphatic carbocycles. The summed E-state index contributed by atoms with van der Waals surface area (Å²) in [6.07, 6.45) is 7.50. The van der Waals surface area contributed by atoms with E-state index in [1.54, 1.807) is 0 Å². The summed E-state index contributed by atoms with van der Waals surface area (Å²) in [5.41, 5.74) is 2.84. The molecule has 35 heavy (non-hydrogen) atoms. The molecule has 0 N–H and O–H groups in total. The van der Waals surface area contributed by atoms with Gasteiger partial charge < -0.3 is 18.9 Å². The van der Waals surface area contributed by atoms with Crippen LogP contribution in [0.15, 0.2) is 60.9 Å². The maximum atomic E-state index is 11.8. The van der Waals surface area contributed by atoms with E-state index in [1.165, 1.54) is 16.3 Å². The molecule has 0 bridgehead atoms. The molecule has 182 valence electrons. The van der Waals surface area contributed by atoms with Crippen molar-refractivity contribution in [3.8, 4) is 5.88 Å². The van der Waals surface area contributed by atoms with Gasteiger partial charge in [-0.3, -0.25) is 0 Å². The van der Waals surface area contributed by atoms with Crippen LogP contribution in [0.1, 0.15) is 35.7 Å². The maximum absolute atomic E-state index is 11.8. The van der Waals surface area contributed by atoms with E-state index < -0.39 is 0 Å². The van der Waals surface area contributed by atoms with Crippen LogP contribution in [0.2, 0.25) is 0 Å². The molecule has 3 heterocycles. The van der Waals surface area contributed by atoms with Crippen molar-refractivity contribution in [2.45, 2.75) is 26.2 Å². The van der Waals surface area contributed by atoms with Gasteiger partial charge in [-0.1, -0.05) is 30.3 Å². The van der Waals surface area contributed by atoms with Crippen LogP contribution in [-0.4, -0.2) is 53.3 Å². The molecule has 0 unspecified atom stereocenters. The Hall–Kier alpha value is -3.38. The Morgan fingerprint density at radius 1 is 1.00 bits per heavy atom. The van der Waals surface area contributed by atoms with Crippen molar-refractivity contribution in [3.05, 3.63) is 72.1 Å². The summed E-state index contributed by atoms with van der Waals surface area (Å²) in [5.74, 6) is 1.03. The van der Waals surface area contributed by atoms with E-state index in [9.17, 15) is 4.79 Å². The summed E-state index contributed by atoms with van der Waals surface area (Å²) in [4.78, 5) is 19.2. The van der Waals surface area contributed by atoms with Gasteiger partial charge in [0.15, 0.2) is 0 Å². The van der Waals surface area contributed by atoms with Crippen LogP contribution in [0.25, 0.3) is 21.7 Å². The first-order chi connectivity index (χ1) is 17.1. The SMILES string of the molecule is CCOC(=O)c1ccc(CCN2CCC(COc3nc4ccccc4c4cn(C)cc34)CC2)cc1. The highest BCUT2D eigenvalue weighted by atomic mass is 16.5. The third kappa shape index (κ3) is 5.33. The molecule has 1 aliphatic heterocycles. The molecule has 4 aromatic rings. The van der Waals surface area contributed by atoms with E-state index in [1.807, 2.05) is 44.3 Å². The fourth-order valence-corrected chi connectivity index (χ4v) is 4.93. The highest BCUT2D eigenvalue weighted by molar-refractivity contribution is 6.07. The molecule has 2 aromatic carbocycles. The standard InChI is InChI=1S/C29H33N3O3/c1-3-34-29(33)23-10-8-21(9-11-23)12-15-32-16-13-22(14-17-32)20-35-28-26-19-31(2)18-25(26)24-6-4-5-7-27(24)30-28/h4-11,18-19,22H,3,12-17,20H2,1-2H3. The summed E-state index contributed by atoms with van der Waals surface area (Å²) < 4.78 is 13.4. The lowest BCUT2D eigenvalue weighted by Gasteiger charge is -2.31. The Bertz CT molecular complexity index is 1300. The molecule has 6 nitrogen and oxygen atoms in total. The molecule has 1 aliphatic rings. The molecular formula is C29H33N3O3. The van der Waals surface area contributed by atoms with Crippen molar-refractivity contribution in [1.82, 2.24) is 14.5 Å². The number of fused-ring (bicyclic) bond motifs is 3. The number of ether oxygens (including phenoxy) is 2. The Labute approximate surface area is 206 Å². The van der Waals surface area contributed by atoms with Gasteiger partial charge in [0.1, 0.15) is 0 Å². The van der Waals surface area contributed by atoms with E-state index in [-0.39, 0.29) is 5.97 Å². The number of piperidine rings is 1. The highest BCUT2D eigenvalue weighted by Crippen LogP contribution is 2.32. The van der Waals surface area contributed by atoms with Crippen molar-refractivity contribution >= 4 is 27.6 Å². The second-order valence-corrected chi connectivity index (χ2v) is 9.45. The van der Waals surface area contributed by atoms with Crippen molar-refractivity contribution < 1.29 is 14.3 Å². The smallest absolute Gasteiger partial charge is 0.338 e. The number of pyridine rings is 1. The zero-order valence-electron chi connectivity index (χ0n) is 20.6. The van der Waals surface area contributed by atoms with E-state index >= 15 is 0 Å². The van der Waals surface area contributed by atoms with Crippen LogP contribution >= 0.6 is 0 Å². The van der Waals surface area contributed by atoms with Gasteiger partial charge in [-0.2, -0.15) is 0 Å². The monoisotopic (exact) mass is 471 g/mol. The fourth-order valence-electron chi connectivity index (χ4n) is 4.93. The van der Waals surface area contributed by atoms with Gasteiger partial charge in [-0.25, -0.2) is 9.78 Å². The topological polar surface area (TPSA) is 56.6 Å². The average molecular weight is 472 g/mol. The number of carbonyl (C=O) groups is 1. The number of aromatic nitrogens is 2. The van der Waals surface area contributed by atoms with Crippen molar-refractivity contribution in [3.63, 3.8) is 0 Å². The van der Waals surface area contributed by atoms with Gasteiger partial charge in [0.05, 0.1) is 29.7 Å². The number of esters is 1. The van der Waals surface area contributed by atoms with Crippen molar-refractivity contribution in [2.75, 3.05) is 32.8 Å². The Morgan fingerprint density at radius 2 is 1.74 bits per heavy atom. The summed E-state index contributed by atoms with van der Waals surface area (Å²) >= 11 is 0. The minimum atomic E-state index is -0.254. The molecule has 2 aromatic heterocycles. The number of aryl methyl sites for hydroxylation is 1. The summed E-state index contributed by atoms with van der Waals surface area (Å²) in [5, 5.41) is 3.44. The zero-order chi connectivity index (χ0) is 24.2. The summed E-state index contributed by atoms with van der Waals surface area (Å²) in [6.45, 7) is 6.13. The first kappa shape index (κ1) is 23.4. The number of likely N-dealkylation sites (tertiary alicyclic amines) is 1. The van der Waals surface area contributed by atoms with Gasteiger partial charge in [0.2, 0.25) is 5.88 Å². The highest BCUT2D eigenvalue weighted by Gasteiger charge is 2.21. The third-order valence-corrected chi connectivity index (χ3v) is 6.95. The molecule has 0 spiro atoms. The number of nitrogens with zero attached hydrogens (tertiary/aromatic N) is 3. The molecule has 6 heteroatoms. The molecule has 1 saturated heterocycles. The second-order valence-electron chi connectivity index (χ2n) is 9.45. The lowest BCUT2D eigenvalue weighted by molar-refractivity contribution is 0.0526. The third-order valence-electron chi connectivity index (χ3n) is 6.95. The van der Waals surface area contributed by atoms with E-state index in [2.05, 4.69) is 40.1 Å². The van der Waals surface area contributed by atoms with Gasteiger partial charge in [0.25, 0.3) is 0 Å². The molecule has 0 radical (unpaired) electrons. The fraction of sp³-hybridized carbons (Fsp3) is 0.379. The molecule has 0 saturated carbocycles. The Balaban J connectivity index is 1.13. The van der Waals surface area contributed by atoms with E-state index in [0.717, 1.165) is 55.7 Å². The maximum Gasteiger partial charge on any atom is 0.338 e. The van der Waals surface area contributed by atoms with Gasteiger partial charge in [-0.05, 0) is 69.0 Å². The number of carbonyl (C=O) groups excluding carboxylic acids is 1. The number of para-hydroxylation sites is 1. The number of hydrogen-bond acceptors (Lipinski definition) is 5. The van der Waals surface area contributed by atoms with Crippen LogP contribution in [0.5, 0.6) is 5.88 Å². The normalized spacial score (nSPS) is 15.0. The van der Waals surface area contributed by atoms with Crippen molar-refractivity contribution in [2.24, 2.45) is 13.0 Å². The van der Waals surface area contributed by atoms with Crippen LogP contribution in [0.4, 0.5) is 0 Å². The number of rotatable bonds is 8. The Morgan fingerprint density at radius 3 is 2.51 bits per heavy atom. The minimum absolute atomic E-state index is 0.254. The van der Waals surface area contributed by atoms with Gasteiger partial charge in [0, 0.05) is 36.8 Å². The molecular weight excluding hydrogens is 438 g/mol. The lowest BCUT2D eigenvalue weighted by atomic mass is 9.97. The number of benzene rings is 2. The van der Waals surface area contributed by atoms with Gasteiger partial charge >= 0.3 is 5.97 Å². The Kier molecular flexibility index (Phi) is 7.00. The number of hydrogen-bond donors (Lipinski definition) is 0. The predicted octanol–water partition coefficient (Wildman–Crippen LogP) is 5.24. The average Bonchev–Trinajstić information content (AvgIpc) is 3.29. The second kappa shape index (κ2) is 10.5. The minimum Gasteiger partial charge on any atom is -0.477 e. The van der Waals surface area contributed by atoms with Crippen LogP contribution in [0.3, 0.4) is 0 Å².